The average Bonchev–Trinajstić information content (AvgIpc) is 2.92. The van der Waals surface area contributed by atoms with Crippen LogP contribution in [-0.4, -0.2) is 18.2 Å². The van der Waals surface area contributed by atoms with Crippen molar-refractivity contribution in [1.82, 2.24) is 10.3 Å². The van der Waals surface area contributed by atoms with Gasteiger partial charge in [-0.15, -0.1) is 11.3 Å². The Morgan fingerprint density at radius 3 is 3.06 bits per heavy atom. The van der Waals surface area contributed by atoms with Gasteiger partial charge in [-0.2, -0.15) is 0 Å². The molecule has 0 saturated carbocycles. The van der Waals surface area contributed by atoms with Crippen LogP contribution in [0, 0.1) is 0 Å². The molecular weight excluding hydrogens is 248 g/mol. The van der Waals surface area contributed by atoms with E-state index in [4.69, 9.17) is 9.47 Å². The second kappa shape index (κ2) is 5.37. The number of thiazole rings is 1. The van der Waals surface area contributed by atoms with Crippen molar-refractivity contribution in [2.75, 3.05) is 13.2 Å². The van der Waals surface area contributed by atoms with Gasteiger partial charge in [0.15, 0.2) is 11.5 Å². The molecule has 2 aromatic rings. The Morgan fingerprint density at radius 1 is 1.22 bits per heavy atom. The number of aromatic nitrogens is 1. The molecule has 1 N–H and O–H groups in total. The van der Waals surface area contributed by atoms with E-state index in [9.17, 15) is 0 Å². The summed E-state index contributed by atoms with van der Waals surface area (Å²) in [7, 11) is 0. The molecule has 0 spiro atoms. The third-order valence-electron chi connectivity index (χ3n) is 2.75. The number of nitrogens with one attached hydrogen (secondary N) is 1. The Kier molecular flexibility index (Phi) is 3.43. The first-order chi connectivity index (χ1) is 8.93. The van der Waals surface area contributed by atoms with E-state index in [1.54, 1.807) is 11.3 Å². The number of rotatable bonds is 4. The molecule has 1 aliphatic heterocycles. The van der Waals surface area contributed by atoms with Crippen molar-refractivity contribution in [3.05, 3.63) is 40.3 Å². The highest BCUT2D eigenvalue weighted by Gasteiger charge is 2.14. The van der Waals surface area contributed by atoms with Crippen molar-refractivity contribution in [3.63, 3.8) is 0 Å². The molecule has 5 heteroatoms. The molecular formula is C13H14N2O2S. The van der Waals surface area contributed by atoms with Gasteiger partial charge < -0.3 is 14.8 Å². The predicted octanol–water partition coefficient (Wildman–Crippen LogP) is 2.20. The van der Waals surface area contributed by atoms with E-state index in [0.29, 0.717) is 13.2 Å². The molecule has 0 aliphatic carbocycles. The van der Waals surface area contributed by atoms with Gasteiger partial charge >= 0.3 is 0 Å². The molecule has 1 aliphatic rings. The van der Waals surface area contributed by atoms with Crippen molar-refractivity contribution in [3.8, 4) is 11.5 Å². The summed E-state index contributed by atoms with van der Waals surface area (Å²) in [5.41, 5.74) is 2.98. The fraction of sp³-hybridized carbons (Fsp3) is 0.308. The first-order valence-electron chi connectivity index (χ1n) is 5.89. The lowest BCUT2D eigenvalue weighted by Crippen LogP contribution is -2.19. The zero-order valence-corrected chi connectivity index (χ0v) is 10.7. The van der Waals surface area contributed by atoms with Gasteiger partial charge in [0, 0.05) is 29.7 Å². The maximum Gasteiger partial charge on any atom is 0.165 e. The Hall–Kier alpha value is -1.59. The molecule has 0 amide bonds. The second-order valence-electron chi connectivity index (χ2n) is 4.01. The van der Waals surface area contributed by atoms with E-state index < -0.39 is 0 Å². The van der Waals surface area contributed by atoms with Crippen molar-refractivity contribution in [2.24, 2.45) is 0 Å². The van der Waals surface area contributed by atoms with Gasteiger partial charge in [0.2, 0.25) is 0 Å². The normalized spacial score (nSPS) is 13.6. The number of fused-ring (bicyclic) bond motifs is 1. The van der Waals surface area contributed by atoms with E-state index in [2.05, 4.69) is 16.4 Å². The number of para-hydroxylation sites is 1. The van der Waals surface area contributed by atoms with E-state index in [1.165, 1.54) is 4.88 Å². The quantitative estimate of drug-likeness (QED) is 0.917. The van der Waals surface area contributed by atoms with Crippen LogP contribution in [0.5, 0.6) is 11.5 Å². The van der Waals surface area contributed by atoms with Crippen molar-refractivity contribution >= 4 is 11.3 Å². The first kappa shape index (κ1) is 11.5. The van der Waals surface area contributed by atoms with Gasteiger partial charge in [0.25, 0.3) is 0 Å². The summed E-state index contributed by atoms with van der Waals surface area (Å²) in [6.45, 7) is 2.85. The molecule has 0 radical (unpaired) electrons. The third kappa shape index (κ3) is 2.47. The number of ether oxygens (including phenoxy) is 2. The topological polar surface area (TPSA) is 43.4 Å². The number of hydrogen-bond donors (Lipinski definition) is 1. The Labute approximate surface area is 110 Å². The largest absolute Gasteiger partial charge is 0.486 e. The summed E-state index contributed by atoms with van der Waals surface area (Å²) >= 11 is 1.66. The lowest BCUT2D eigenvalue weighted by atomic mass is 10.1. The minimum Gasteiger partial charge on any atom is -0.486 e. The summed E-state index contributed by atoms with van der Waals surface area (Å²) in [6.07, 6.45) is 1.89. The van der Waals surface area contributed by atoms with Gasteiger partial charge in [-0.1, -0.05) is 12.1 Å². The fourth-order valence-corrected chi connectivity index (χ4v) is 2.49. The van der Waals surface area contributed by atoms with Gasteiger partial charge in [-0.3, -0.25) is 4.98 Å². The van der Waals surface area contributed by atoms with Gasteiger partial charge in [-0.05, 0) is 6.07 Å². The smallest absolute Gasteiger partial charge is 0.165 e. The molecule has 1 aromatic carbocycles. The summed E-state index contributed by atoms with van der Waals surface area (Å²) < 4.78 is 11.2. The molecule has 94 valence electrons. The van der Waals surface area contributed by atoms with Crippen LogP contribution in [0.2, 0.25) is 0 Å². The molecule has 18 heavy (non-hydrogen) atoms. The van der Waals surface area contributed by atoms with Crippen LogP contribution < -0.4 is 14.8 Å². The highest BCUT2D eigenvalue weighted by molar-refractivity contribution is 7.09. The lowest BCUT2D eigenvalue weighted by Gasteiger charge is -2.21. The molecule has 0 saturated heterocycles. The van der Waals surface area contributed by atoms with Crippen LogP contribution in [-0.2, 0) is 13.1 Å². The third-order valence-corrected chi connectivity index (χ3v) is 3.53. The number of hydrogen-bond acceptors (Lipinski definition) is 5. The maximum atomic E-state index is 5.67. The lowest BCUT2D eigenvalue weighted by molar-refractivity contribution is 0.169. The monoisotopic (exact) mass is 262 g/mol. The number of benzene rings is 1. The Morgan fingerprint density at radius 2 is 2.17 bits per heavy atom. The zero-order chi connectivity index (χ0) is 12.2. The predicted molar refractivity (Wildman–Crippen MR) is 70.1 cm³/mol. The van der Waals surface area contributed by atoms with Crippen molar-refractivity contribution < 1.29 is 9.47 Å². The molecule has 0 unspecified atom stereocenters. The van der Waals surface area contributed by atoms with E-state index in [0.717, 1.165) is 30.2 Å². The van der Waals surface area contributed by atoms with Crippen LogP contribution in [0.3, 0.4) is 0 Å². The van der Waals surface area contributed by atoms with Gasteiger partial charge in [0.05, 0.1) is 5.51 Å². The zero-order valence-electron chi connectivity index (χ0n) is 9.89. The van der Waals surface area contributed by atoms with Gasteiger partial charge in [-0.25, -0.2) is 0 Å². The summed E-state index contributed by atoms with van der Waals surface area (Å²) in [4.78, 5) is 5.29. The molecule has 3 rings (SSSR count). The van der Waals surface area contributed by atoms with E-state index >= 15 is 0 Å². The molecule has 0 fully saturated rings. The van der Waals surface area contributed by atoms with E-state index in [-0.39, 0.29) is 0 Å². The molecule has 1 aromatic heterocycles. The standard InChI is InChI=1S/C13H14N2O2S/c1-2-10(6-14-7-11-8-15-9-18-11)13-12(3-1)16-4-5-17-13/h1-3,8-9,14H,4-7H2. The number of nitrogens with zero attached hydrogens (tertiary/aromatic N) is 1. The minimum atomic E-state index is 0.624. The molecule has 2 heterocycles. The highest BCUT2D eigenvalue weighted by Crippen LogP contribution is 2.33. The second-order valence-corrected chi connectivity index (χ2v) is 4.98. The summed E-state index contributed by atoms with van der Waals surface area (Å²) in [5.74, 6) is 1.72. The minimum absolute atomic E-state index is 0.624. The Bertz CT molecular complexity index is 514. The Balaban J connectivity index is 1.65. The highest BCUT2D eigenvalue weighted by atomic mass is 32.1. The fourth-order valence-electron chi connectivity index (χ4n) is 1.92. The molecule has 4 nitrogen and oxygen atoms in total. The van der Waals surface area contributed by atoms with Crippen LogP contribution in [0.15, 0.2) is 29.9 Å². The molecule has 0 bridgehead atoms. The van der Waals surface area contributed by atoms with Crippen LogP contribution in [0.25, 0.3) is 0 Å². The van der Waals surface area contributed by atoms with Crippen molar-refractivity contribution in [1.29, 1.82) is 0 Å². The van der Waals surface area contributed by atoms with Crippen molar-refractivity contribution in [2.45, 2.75) is 13.1 Å². The van der Waals surface area contributed by atoms with Crippen LogP contribution in [0.1, 0.15) is 10.4 Å². The van der Waals surface area contributed by atoms with Crippen LogP contribution >= 0.6 is 11.3 Å². The van der Waals surface area contributed by atoms with Crippen LogP contribution in [0.4, 0.5) is 0 Å². The van der Waals surface area contributed by atoms with Gasteiger partial charge in [0.1, 0.15) is 13.2 Å². The summed E-state index contributed by atoms with van der Waals surface area (Å²) in [5, 5.41) is 3.39. The molecule has 0 atom stereocenters. The average molecular weight is 262 g/mol. The van der Waals surface area contributed by atoms with E-state index in [1.807, 2.05) is 23.8 Å². The first-order valence-corrected chi connectivity index (χ1v) is 6.77. The SMILES string of the molecule is c1cc(CNCc2cncs2)c2c(c1)OCCO2. The maximum absolute atomic E-state index is 5.67. The summed E-state index contributed by atoms with van der Waals surface area (Å²) in [6, 6.07) is 6.01.